The SMILES string of the molecule is CCN(Cc1ccccc1)C(=O)c1cc(NCCc2cccc(OC)c2)ccn1. The molecule has 0 fully saturated rings. The molecule has 2 aromatic carbocycles. The van der Waals surface area contributed by atoms with Crippen LogP contribution in [-0.2, 0) is 13.0 Å². The van der Waals surface area contributed by atoms with Crippen LogP contribution in [0.15, 0.2) is 72.9 Å². The second kappa shape index (κ2) is 10.3. The molecule has 1 N–H and O–H groups in total. The standard InChI is InChI=1S/C24H27N3O2/c1-3-27(18-20-8-5-4-6-9-20)24(28)23-17-21(13-15-26-23)25-14-12-19-10-7-11-22(16-19)29-2/h4-11,13,15-17H,3,12,14,18H2,1-2H3,(H,25,26). The van der Waals surface area contributed by atoms with E-state index in [9.17, 15) is 4.79 Å². The average Bonchev–Trinajstić information content (AvgIpc) is 2.78. The number of hydrogen-bond donors (Lipinski definition) is 1. The summed E-state index contributed by atoms with van der Waals surface area (Å²) in [7, 11) is 1.67. The number of aromatic nitrogens is 1. The van der Waals surface area contributed by atoms with Crippen LogP contribution in [0, 0.1) is 0 Å². The van der Waals surface area contributed by atoms with Crippen LogP contribution in [0.4, 0.5) is 5.69 Å². The van der Waals surface area contributed by atoms with E-state index in [2.05, 4.69) is 16.4 Å². The van der Waals surface area contributed by atoms with Gasteiger partial charge >= 0.3 is 0 Å². The molecule has 0 aliphatic carbocycles. The van der Waals surface area contributed by atoms with Gasteiger partial charge in [-0.05, 0) is 48.7 Å². The molecule has 0 saturated heterocycles. The Bertz CT molecular complexity index is 928. The monoisotopic (exact) mass is 389 g/mol. The molecular formula is C24H27N3O2. The number of amides is 1. The summed E-state index contributed by atoms with van der Waals surface area (Å²) in [5.41, 5.74) is 3.65. The molecule has 3 rings (SSSR count). The van der Waals surface area contributed by atoms with E-state index in [1.807, 2.05) is 67.6 Å². The van der Waals surface area contributed by atoms with Crippen LogP contribution in [0.3, 0.4) is 0 Å². The highest BCUT2D eigenvalue weighted by Crippen LogP contribution is 2.15. The summed E-state index contributed by atoms with van der Waals surface area (Å²) in [5.74, 6) is 0.796. The lowest BCUT2D eigenvalue weighted by Gasteiger charge is -2.21. The van der Waals surface area contributed by atoms with Crippen molar-refractivity contribution in [2.24, 2.45) is 0 Å². The van der Waals surface area contributed by atoms with Crippen molar-refractivity contribution in [1.82, 2.24) is 9.88 Å². The molecule has 150 valence electrons. The van der Waals surface area contributed by atoms with E-state index in [0.717, 1.165) is 30.0 Å². The van der Waals surface area contributed by atoms with Gasteiger partial charge in [0.2, 0.25) is 0 Å². The zero-order valence-corrected chi connectivity index (χ0v) is 17.0. The highest BCUT2D eigenvalue weighted by Gasteiger charge is 2.16. The van der Waals surface area contributed by atoms with Gasteiger partial charge in [0, 0.05) is 31.5 Å². The number of anilines is 1. The number of pyridine rings is 1. The number of nitrogens with one attached hydrogen (secondary N) is 1. The van der Waals surface area contributed by atoms with Crippen LogP contribution in [0.5, 0.6) is 5.75 Å². The van der Waals surface area contributed by atoms with Gasteiger partial charge < -0.3 is 15.0 Å². The molecule has 0 aliphatic rings. The summed E-state index contributed by atoms with van der Waals surface area (Å²) >= 11 is 0. The van der Waals surface area contributed by atoms with Gasteiger partial charge in [0.05, 0.1) is 7.11 Å². The minimum Gasteiger partial charge on any atom is -0.497 e. The van der Waals surface area contributed by atoms with E-state index < -0.39 is 0 Å². The first-order chi connectivity index (χ1) is 14.2. The Morgan fingerprint density at radius 3 is 2.59 bits per heavy atom. The van der Waals surface area contributed by atoms with Gasteiger partial charge in [-0.15, -0.1) is 0 Å². The van der Waals surface area contributed by atoms with Crippen LogP contribution in [0.25, 0.3) is 0 Å². The molecule has 29 heavy (non-hydrogen) atoms. The Morgan fingerprint density at radius 1 is 1.03 bits per heavy atom. The van der Waals surface area contributed by atoms with E-state index in [1.165, 1.54) is 5.56 Å². The van der Waals surface area contributed by atoms with Crippen LogP contribution >= 0.6 is 0 Å². The number of nitrogens with zero attached hydrogens (tertiary/aromatic N) is 2. The number of carbonyl (C=O) groups excluding carboxylic acids is 1. The Balaban J connectivity index is 1.61. The third-order valence-corrected chi connectivity index (χ3v) is 4.74. The van der Waals surface area contributed by atoms with Crippen molar-refractivity contribution in [2.45, 2.75) is 19.9 Å². The summed E-state index contributed by atoms with van der Waals surface area (Å²) in [6.45, 7) is 3.94. The van der Waals surface area contributed by atoms with Crippen LogP contribution in [0.2, 0.25) is 0 Å². The fraction of sp³-hybridized carbons (Fsp3) is 0.250. The predicted molar refractivity (Wildman–Crippen MR) is 116 cm³/mol. The third-order valence-electron chi connectivity index (χ3n) is 4.74. The molecule has 0 saturated carbocycles. The second-order valence-electron chi connectivity index (χ2n) is 6.76. The van der Waals surface area contributed by atoms with Crippen molar-refractivity contribution in [1.29, 1.82) is 0 Å². The summed E-state index contributed by atoms with van der Waals surface area (Å²) in [6.07, 6.45) is 2.54. The summed E-state index contributed by atoms with van der Waals surface area (Å²) in [4.78, 5) is 19.0. The maximum absolute atomic E-state index is 12.9. The summed E-state index contributed by atoms with van der Waals surface area (Å²) in [6, 6.07) is 21.7. The smallest absolute Gasteiger partial charge is 0.272 e. The quantitative estimate of drug-likeness (QED) is 0.589. The van der Waals surface area contributed by atoms with Gasteiger partial charge in [0.1, 0.15) is 11.4 Å². The number of hydrogen-bond acceptors (Lipinski definition) is 4. The highest BCUT2D eigenvalue weighted by atomic mass is 16.5. The summed E-state index contributed by atoms with van der Waals surface area (Å²) < 4.78 is 5.27. The van der Waals surface area contributed by atoms with Gasteiger partial charge in [0.25, 0.3) is 5.91 Å². The molecule has 0 atom stereocenters. The average molecular weight is 389 g/mol. The number of rotatable bonds is 9. The zero-order chi connectivity index (χ0) is 20.5. The van der Waals surface area contributed by atoms with E-state index in [0.29, 0.717) is 18.8 Å². The van der Waals surface area contributed by atoms with Crippen molar-refractivity contribution in [3.63, 3.8) is 0 Å². The number of ether oxygens (including phenoxy) is 1. The third kappa shape index (κ3) is 5.82. The largest absolute Gasteiger partial charge is 0.497 e. The molecule has 0 unspecified atom stereocenters. The lowest BCUT2D eigenvalue weighted by atomic mass is 10.1. The number of carbonyl (C=O) groups is 1. The fourth-order valence-electron chi connectivity index (χ4n) is 3.13. The Kier molecular flexibility index (Phi) is 7.22. The molecule has 0 aliphatic heterocycles. The van der Waals surface area contributed by atoms with E-state index in [4.69, 9.17) is 4.74 Å². The van der Waals surface area contributed by atoms with E-state index >= 15 is 0 Å². The van der Waals surface area contributed by atoms with Crippen molar-refractivity contribution >= 4 is 11.6 Å². The lowest BCUT2D eigenvalue weighted by Crippen LogP contribution is -2.31. The summed E-state index contributed by atoms with van der Waals surface area (Å²) in [5, 5.41) is 3.38. The molecule has 0 radical (unpaired) electrons. The van der Waals surface area contributed by atoms with E-state index in [1.54, 1.807) is 18.2 Å². The van der Waals surface area contributed by atoms with Crippen molar-refractivity contribution < 1.29 is 9.53 Å². The maximum atomic E-state index is 12.9. The van der Waals surface area contributed by atoms with Gasteiger partial charge in [-0.1, -0.05) is 42.5 Å². The topological polar surface area (TPSA) is 54.5 Å². The molecular weight excluding hydrogens is 362 g/mol. The zero-order valence-electron chi connectivity index (χ0n) is 17.0. The molecule has 5 nitrogen and oxygen atoms in total. The molecule has 1 amide bonds. The molecule has 3 aromatic rings. The second-order valence-corrected chi connectivity index (χ2v) is 6.76. The van der Waals surface area contributed by atoms with Crippen molar-refractivity contribution in [3.8, 4) is 5.75 Å². The van der Waals surface area contributed by atoms with Crippen LogP contribution in [0.1, 0.15) is 28.5 Å². The van der Waals surface area contributed by atoms with Crippen LogP contribution in [-0.4, -0.2) is 36.0 Å². The Hall–Kier alpha value is -3.34. The lowest BCUT2D eigenvalue weighted by molar-refractivity contribution is 0.0746. The van der Waals surface area contributed by atoms with Crippen molar-refractivity contribution in [3.05, 3.63) is 89.7 Å². The maximum Gasteiger partial charge on any atom is 0.272 e. The minimum absolute atomic E-state index is 0.0622. The van der Waals surface area contributed by atoms with Gasteiger partial charge in [-0.2, -0.15) is 0 Å². The fourth-order valence-corrected chi connectivity index (χ4v) is 3.13. The molecule has 0 spiro atoms. The Morgan fingerprint density at radius 2 is 1.83 bits per heavy atom. The highest BCUT2D eigenvalue weighted by molar-refractivity contribution is 5.93. The normalized spacial score (nSPS) is 10.4. The van der Waals surface area contributed by atoms with Gasteiger partial charge in [-0.3, -0.25) is 9.78 Å². The van der Waals surface area contributed by atoms with Gasteiger partial charge in [-0.25, -0.2) is 0 Å². The number of methoxy groups -OCH3 is 1. The van der Waals surface area contributed by atoms with Crippen LogP contribution < -0.4 is 10.1 Å². The minimum atomic E-state index is -0.0622. The first-order valence-electron chi connectivity index (χ1n) is 9.85. The molecule has 0 bridgehead atoms. The van der Waals surface area contributed by atoms with Gasteiger partial charge in [0.15, 0.2) is 0 Å². The molecule has 5 heteroatoms. The molecule has 1 aromatic heterocycles. The van der Waals surface area contributed by atoms with E-state index in [-0.39, 0.29) is 5.91 Å². The first-order valence-corrected chi connectivity index (χ1v) is 9.85. The Labute approximate surface area is 172 Å². The number of benzene rings is 2. The predicted octanol–water partition coefficient (Wildman–Crippen LogP) is 4.41. The first kappa shape index (κ1) is 20.4. The van der Waals surface area contributed by atoms with Crippen molar-refractivity contribution in [2.75, 3.05) is 25.5 Å². The molecule has 1 heterocycles.